The van der Waals surface area contributed by atoms with Gasteiger partial charge in [-0.05, 0) is 66.8 Å². The number of aliphatic hydroxyl groups is 1. The second-order valence-electron chi connectivity index (χ2n) is 8.38. The quantitative estimate of drug-likeness (QED) is 0.371. The van der Waals surface area contributed by atoms with Crippen molar-refractivity contribution in [1.82, 2.24) is 9.88 Å². The maximum atomic E-state index is 13.3. The van der Waals surface area contributed by atoms with Crippen molar-refractivity contribution in [2.45, 2.75) is 32.4 Å². The summed E-state index contributed by atoms with van der Waals surface area (Å²) >= 11 is 0. The van der Waals surface area contributed by atoms with Gasteiger partial charge >= 0.3 is 0 Å². The molecule has 1 unspecified atom stereocenters. The number of amides is 1. The summed E-state index contributed by atoms with van der Waals surface area (Å²) in [4.78, 5) is 32.2. The summed E-state index contributed by atoms with van der Waals surface area (Å²) in [5.74, 6) is -0.704. The molecular formula is C27H24N2O4. The molecule has 0 spiro atoms. The van der Waals surface area contributed by atoms with Crippen LogP contribution in [0.4, 0.5) is 0 Å². The number of carbonyl (C=O) groups is 2. The number of aliphatic hydroxyl groups excluding tert-OH is 1. The van der Waals surface area contributed by atoms with E-state index in [9.17, 15) is 14.7 Å². The van der Waals surface area contributed by atoms with Gasteiger partial charge in [0, 0.05) is 11.8 Å². The zero-order valence-electron chi connectivity index (χ0n) is 18.3. The Morgan fingerprint density at radius 1 is 1.12 bits per heavy atom. The third kappa shape index (κ3) is 3.78. The smallest absolute Gasteiger partial charge is 0.296 e. The Hall–Kier alpha value is -3.93. The third-order valence-corrected chi connectivity index (χ3v) is 6.26. The number of carbonyl (C=O) groups excluding carboxylic acids is 2. The van der Waals surface area contributed by atoms with E-state index in [1.807, 2.05) is 55.5 Å². The van der Waals surface area contributed by atoms with E-state index in [0.717, 1.165) is 35.3 Å². The van der Waals surface area contributed by atoms with Gasteiger partial charge in [0.25, 0.3) is 11.7 Å². The van der Waals surface area contributed by atoms with Crippen LogP contribution in [0.25, 0.3) is 5.76 Å². The van der Waals surface area contributed by atoms with E-state index in [1.165, 1.54) is 4.90 Å². The van der Waals surface area contributed by atoms with Crippen molar-refractivity contribution >= 4 is 17.4 Å². The summed E-state index contributed by atoms with van der Waals surface area (Å²) in [6.07, 6.45) is 3.39. The Morgan fingerprint density at radius 2 is 1.94 bits per heavy atom. The summed E-state index contributed by atoms with van der Waals surface area (Å²) in [6, 6.07) is 17.8. The minimum Gasteiger partial charge on any atom is -0.507 e. The molecule has 6 heteroatoms. The van der Waals surface area contributed by atoms with Crippen LogP contribution in [0.3, 0.4) is 0 Å². The molecule has 1 amide bonds. The summed E-state index contributed by atoms with van der Waals surface area (Å²) in [6.45, 7) is 2.77. The van der Waals surface area contributed by atoms with Gasteiger partial charge in [0.05, 0.1) is 30.5 Å². The van der Waals surface area contributed by atoms with E-state index in [2.05, 4.69) is 4.98 Å². The number of nitrogens with zero attached hydrogens (tertiary/aromatic N) is 2. The lowest BCUT2D eigenvalue weighted by Gasteiger charge is -2.26. The first kappa shape index (κ1) is 20.9. The Bertz CT molecular complexity index is 1270. The normalized spacial score (nSPS) is 19.3. The summed E-state index contributed by atoms with van der Waals surface area (Å²) in [5.41, 5.74) is 4.00. The van der Waals surface area contributed by atoms with Gasteiger partial charge in [-0.3, -0.25) is 14.6 Å². The highest BCUT2D eigenvalue weighted by Crippen LogP contribution is 2.41. The number of aromatic nitrogens is 1. The van der Waals surface area contributed by atoms with E-state index in [1.54, 1.807) is 18.3 Å². The minimum absolute atomic E-state index is 0.0990. The predicted molar refractivity (Wildman–Crippen MR) is 124 cm³/mol. The number of fused-ring (bicyclic) bond motifs is 1. The standard InChI is InChI=1S/C27H24N2O4/c1-17-7-2-3-10-21(17)24-23(25(30)19-11-12-22-18(15-19)8-6-14-33-22)26(31)27(32)29(24)16-20-9-4-5-13-28-20/h2-5,7,9-13,15,24,30H,6,8,14,16H2,1H3/b25-23+. The summed E-state index contributed by atoms with van der Waals surface area (Å²) in [5, 5.41) is 11.3. The molecule has 0 aliphatic carbocycles. The van der Waals surface area contributed by atoms with Crippen LogP contribution in [0.5, 0.6) is 5.75 Å². The second kappa shape index (κ2) is 8.54. The van der Waals surface area contributed by atoms with Crippen molar-refractivity contribution in [3.05, 3.63) is 100 Å². The van der Waals surface area contributed by atoms with Crippen molar-refractivity contribution in [1.29, 1.82) is 0 Å². The number of ether oxygens (including phenoxy) is 1. The van der Waals surface area contributed by atoms with Crippen LogP contribution in [-0.4, -0.2) is 33.3 Å². The molecule has 3 aromatic rings. The van der Waals surface area contributed by atoms with E-state index in [4.69, 9.17) is 4.74 Å². The lowest BCUT2D eigenvalue weighted by Crippen LogP contribution is -2.29. The number of ketones is 1. The molecule has 2 aliphatic heterocycles. The molecule has 0 saturated carbocycles. The molecule has 166 valence electrons. The fourth-order valence-electron chi connectivity index (χ4n) is 4.59. The highest BCUT2D eigenvalue weighted by molar-refractivity contribution is 6.46. The molecule has 1 N–H and O–H groups in total. The van der Waals surface area contributed by atoms with Gasteiger partial charge < -0.3 is 14.7 Å². The van der Waals surface area contributed by atoms with Crippen LogP contribution >= 0.6 is 0 Å². The van der Waals surface area contributed by atoms with Gasteiger partial charge in [-0.25, -0.2) is 0 Å². The number of aryl methyl sites for hydroxylation is 2. The fourth-order valence-corrected chi connectivity index (χ4v) is 4.59. The Balaban J connectivity index is 1.65. The zero-order valence-corrected chi connectivity index (χ0v) is 18.3. The first-order valence-electron chi connectivity index (χ1n) is 11.0. The predicted octanol–water partition coefficient (Wildman–Crippen LogP) is 4.34. The van der Waals surface area contributed by atoms with Crippen LogP contribution in [0, 0.1) is 6.92 Å². The summed E-state index contributed by atoms with van der Waals surface area (Å²) in [7, 11) is 0. The van der Waals surface area contributed by atoms with Crippen LogP contribution in [0.1, 0.15) is 40.4 Å². The topological polar surface area (TPSA) is 79.7 Å². The monoisotopic (exact) mass is 440 g/mol. The minimum atomic E-state index is -0.708. The van der Waals surface area contributed by atoms with Gasteiger partial charge in [0.1, 0.15) is 11.5 Å². The molecule has 0 radical (unpaired) electrons. The number of benzene rings is 2. The highest BCUT2D eigenvalue weighted by Gasteiger charge is 2.46. The molecule has 33 heavy (non-hydrogen) atoms. The molecule has 1 fully saturated rings. The Morgan fingerprint density at radius 3 is 2.73 bits per heavy atom. The molecule has 6 nitrogen and oxygen atoms in total. The number of likely N-dealkylation sites (tertiary alicyclic amines) is 1. The maximum Gasteiger partial charge on any atom is 0.296 e. The van der Waals surface area contributed by atoms with Crippen molar-refractivity contribution in [3.63, 3.8) is 0 Å². The average molecular weight is 440 g/mol. The largest absolute Gasteiger partial charge is 0.507 e. The Kier molecular flexibility index (Phi) is 5.42. The molecule has 5 rings (SSSR count). The van der Waals surface area contributed by atoms with Crippen LogP contribution in [0.15, 0.2) is 72.4 Å². The second-order valence-corrected chi connectivity index (χ2v) is 8.38. The zero-order chi connectivity index (χ0) is 22.9. The fraction of sp³-hybridized carbons (Fsp3) is 0.222. The van der Waals surface area contributed by atoms with Gasteiger partial charge in [-0.15, -0.1) is 0 Å². The molecular weight excluding hydrogens is 416 g/mol. The maximum absolute atomic E-state index is 13.3. The number of Topliss-reactive ketones (excluding diaryl/α,β-unsaturated/α-hetero) is 1. The molecule has 1 saturated heterocycles. The molecule has 0 bridgehead atoms. The molecule has 2 aromatic carbocycles. The van der Waals surface area contributed by atoms with Crippen molar-refractivity contribution in [2.75, 3.05) is 6.61 Å². The highest BCUT2D eigenvalue weighted by atomic mass is 16.5. The molecule has 1 aromatic heterocycles. The van der Waals surface area contributed by atoms with Gasteiger partial charge in [0.15, 0.2) is 0 Å². The van der Waals surface area contributed by atoms with E-state index in [0.29, 0.717) is 17.9 Å². The first-order valence-corrected chi connectivity index (χ1v) is 11.0. The van der Waals surface area contributed by atoms with E-state index >= 15 is 0 Å². The lowest BCUT2D eigenvalue weighted by atomic mass is 9.92. The van der Waals surface area contributed by atoms with Crippen LogP contribution in [-0.2, 0) is 22.6 Å². The van der Waals surface area contributed by atoms with E-state index in [-0.39, 0.29) is 17.9 Å². The van der Waals surface area contributed by atoms with Crippen molar-refractivity contribution in [2.24, 2.45) is 0 Å². The van der Waals surface area contributed by atoms with Gasteiger partial charge in [0.2, 0.25) is 0 Å². The SMILES string of the molecule is Cc1ccccc1C1/C(=C(\O)c2ccc3c(c2)CCCO3)C(=O)C(=O)N1Cc1ccccn1. The van der Waals surface area contributed by atoms with Crippen LogP contribution < -0.4 is 4.74 Å². The molecule has 2 aliphatic rings. The number of pyridine rings is 1. The Labute approximate surface area is 192 Å². The van der Waals surface area contributed by atoms with Gasteiger partial charge in [-0.2, -0.15) is 0 Å². The first-order chi connectivity index (χ1) is 16.0. The van der Waals surface area contributed by atoms with Crippen molar-refractivity contribution in [3.8, 4) is 5.75 Å². The molecule has 3 heterocycles. The molecule has 1 atom stereocenters. The van der Waals surface area contributed by atoms with E-state index < -0.39 is 17.7 Å². The number of rotatable bonds is 4. The number of hydrogen-bond donors (Lipinski definition) is 1. The summed E-state index contributed by atoms with van der Waals surface area (Å²) < 4.78 is 5.68. The number of hydrogen-bond acceptors (Lipinski definition) is 5. The van der Waals surface area contributed by atoms with Gasteiger partial charge in [-0.1, -0.05) is 30.3 Å². The van der Waals surface area contributed by atoms with Crippen molar-refractivity contribution < 1.29 is 19.4 Å². The third-order valence-electron chi connectivity index (χ3n) is 6.26. The average Bonchev–Trinajstić information content (AvgIpc) is 3.09. The van der Waals surface area contributed by atoms with Crippen LogP contribution in [0.2, 0.25) is 0 Å². The lowest BCUT2D eigenvalue weighted by molar-refractivity contribution is -0.140.